The van der Waals surface area contributed by atoms with Gasteiger partial charge in [0.05, 0.1) is 12.6 Å². The Morgan fingerprint density at radius 2 is 1.79 bits per heavy atom. The smallest absolute Gasteiger partial charge is 0.251 e. The molecule has 1 N–H and O–H groups in total. The van der Waals surface area contributed by atoms with Gasteiger partial charge in [0.15, 0.2) is 5.82 Å². The quantitative estimate of drug-likeness (QED) is 0.855. The van der Waals surface area contributed by atoms with Crippen LogP contribution in [0.4, 0.5) is 4.39 Å². The van der Waals surface area contributed by atoms with Crippen molar-refractivity contribution in [1.29, 1.82) is 0 Å². The molecule has 1 amide bonds. The Bertz CT molecular complexity index is 778. The molecule has 4 rings (SSSR count). The number of piperidine rings is 1. The number of halogens is 1. The number of nitrogens with one attached hydrogen (secondary N) is 1. The predicted molar refractivity (Wildman–Crippen MR) is 102 cm³/mol. The number of rotatable bonds is 5. The molecule has 2 fully saturated rings. The average molecular weight is 386 g/mol. The first-order chi connectivity index (χ1) is 13.7. The molecule has 1 aromatic carbocycles. The van der Waals surface area contributed by atoms with E-state index in [-0.39, 0.29) is 17.8 Å². The lowest BCUT2D eigenvalue weighted by Crippen LogP contribution is -2.44. The third kappa shape index (κ3) is 4.55. The number of amides is 1. The van der Waals surface area contributed by atoms with Crippen molar-refractivity contribution in [3.63, 3.8) is 0 Å². The van der Waals surface area contributed by atoms with E-state index in [9.17, 15) is 9.18 Å². The second-order valence-corrected chi connectivity index (χ2v) is 7.86. The van der Waals surface area contributed by atoms with E-state index < -0.39 is 0 Å². The summed E-state index contributed by atoms with van der Waals surface area (Å²) in [6, 6.07) is 6.24. The van der Waals surface area contributed by atoms with Gasteiger partial charge >= 0.3 is 0 Å². The Hall–Kier alpha value is -2.35. The summed E-state index contributed by atoms with van der Waals surface area (Å²) in [4.78, 5) is 14.7. The van der Waals surface area contributed by atoms with Crippen LogP contribution in [0.2, 0.25) is 0 Å². The van der Waals surface area contributed by atoms with Crippen LogP contribution in [0.5, 0.6) is 0 Å². The van der Waals surface area contributed by atoms with Gasteiger partial charge in [-0.25, -0.2) is 9.07 Å². The normalized spacial score (nSPS) is 19.6. The lowest BCUT2D eigenvalue weighted by Gasteiger charge is -2.32. The van der Waals surface area contributed by atoms with Crippen molar-refractivity contribution in [3.05, 3.63) is 41.5 Å². The first-order valence-electron chi connectivity index (χ1n) is 10.2. The zero-order valence-electron chi connectivity index (χ0n) is 16.1. The van der Waals surface area contributed by atoms with Gasteiger partial charge < -0.3 is 5.32 Å². The van der Waals surface area contributed by atoms with Gasteiger partial charge in [0.1, 0.15) is 5.82 Å². The molecule has 1 saturated carbocycles. The van der Waals surface area contributed by atoms with Crippen LogP contribution in [0.15, 0.2) is 24.3 Å². The van der Waals surface area contributed by atoms with Gasteiger partial charge in [0.2, 0.25) is 0 Å². The van der Waals surface area contributed by atoms with E-state index in [2.05, 4.69) is 25.7 Å². The fourth-order valence-electron chi connectivity index (χ4n) is 4.23. The van der Waals surface area contributed by atoms with E-state index >= 15 is 0 Å². The van der Waals surface area contributed by atoms with Crippen LogP contribution in [0.25, 0.3) is 0 Å². The highest BCUT2D eigenvalue weighted by molar-refractivity contribution is 5.94. The lowest BCUT2D eigenvalue weighted by atomic mass is 9.95. The summed E-state index contributed by atoms with van der Waals surface area (Å²) in [5, 5.41) is 15.5. The van der Waals surface area contributed by atoms with Gasteiger partial charge in [-0.3, -0.25) is 9.69 Å². The van der Waals surface area contributed by atoms with Gasteiger partial charge in [0.25, 0.3) is 5.91 Å². The third-order valence-electron chi connectivity index (χ3n) is 5.88. The predicted octanol–water partition coefficient (Wildman–Crippen LogP) is 2.71. The largest absolute Gasteiger partial charge is 0.349 e. The second-order valence-electron chi connectivity index (χ2n) is 7.86. The van der Waals surface area contributed by atoms with Crippen LogP contribution < -0.4 is 5.32 Å². The standard InChI is InChI=1S/C20H27FN6O/c21-16-8-6-15(7-9-16)20(28)22-17-10-12-26(13-11-17)14-19-23-24-25-27(19)18-4-2-1-3-5-18/h6-9,17-18H,1-5,10-14H2,(H,22,28). The first kappa shape index (κ1) is 19.0. The molecule has 2 aromatic rings. The maximum Gasteiger partial charge on any atom is 0.251 e. The molecule has 1 aliphatic heterocycles. The Kier molecular flexibility index (Phi) is 5.95. The van der Waals surface area contributed by atoms with Gasteiger partial charge in [-0.05, 0) is 60.4 Å². The third-order valence-corrected chi connectivity index (χ3v) is 5.88. The summed E-state index contributed by atoms with van der Waals surface area (Å²) < 4.78 is 15.0. The maximum absolute atomic E-state index is 13.0. The highest BCUT2D eigenvalue weighted by atomic mass is 19.1. The topological polar surface area (TPSA) is 75.9 Å². The van der Waals surface area contributed by atoms with Gasteiger partial charge in [-0.2, -0.15) is 0 Å². The van der Waals surface area contributed by atoms with Crippen LogP contribution in [-0.2, 0) is 6.54 Å². The van der Waals surface area contributed by atoms with E-state index in [0.29, 0.717) is 11.6 Å². The number of carbonyl (C=O) groups is 1. The van der Waals surface area contributed by atoms with Gasteiger partial charge in [-0.1, -0.05) is 19.3 Å². The van der Waals surface area contributed by atoms with E-state index in [1.54, 1.807) is 0 Å². The minimum atomic E-state index is -0.333. The summed E-state index contributed by atoms with van der Waals surface area (Å²) >= 11 is 0. The average Bonchev–Trinajstić information content (AvgIpc) is 3.19. The van der Waals surface area contributed by atoms with E-state index in [0.717, 1.165) is 51.1 Å². The van der Waals surface area contributed by atoms with Crippen LogP contribution >= 0.6 is 0 Å². The van der Waals surface area contributed by atoms with Crippen molar-refractivity contribution in [3.8, 4) is 0 Å². The molecule has 2 aliphatic rings. The molecule has 2 heterocycles. The van der Waals surface area contributed by atoms with Gasteiger partial charge in [-0.15, -0.1) is 5.10 Å². The van der Waals surface area contributed by atoms with Crippen LogP contribution in [0.3, 0.4) is 0 Å². The number of aromatic nitrogens is 4. The highest BCUT2D eigenvalue weighted by Gasteiger charge is 2.25. The molecular formula is C20H27FN6O. The number of hydrogen-bond acceptors (Lipinski definition) is 5. The Morgan fingerprint density at radius 1 is 1.07 bits per heavy atom. The number of carbonyl (C=O) groups excluding carboxylic acids is 1. The zero-order chi connectivity index (χ0) is 19.3. The summed E-state index contributed by atoms with van der Waals surface area (Å²) in [7, 11) is 0. The van der Waals surface area contributed by atoms with Gasteiger partial charge in [0, 0.05) is 24.7 Å². The minimum absolute atomic E-state index is 0.139. The van der Waals surface area contributed by atoms with Crippen molar-refractivity contribution in [2.75, 3.05) is 13.1 Å². The molecule has 0 unspecified atom stereocenters. The van der Waals surface area contributed by atoms with Crippen LogP contribution in [0, 0.1) is 5.82 Å². The lowest BCUT2D eigenvalue weighted by molar-refractivity contribution is 0.0907. The number of hydrogen-bond donors (Lipinski definition) is 1. The Balaban J connectivity index is 1.27. The molecule has 0 atom stereocenters. The molecule has 8 heteroatoms. The fraction of sp³-hybridized carbons (Fsp3) is 0.600. The summed E-state index contributed by atoms with van der Waals surface area (Å²) in [5.74, 6) is 0.473. The molecule has 1 aromatic heterocycles. The molecule has 0 bridgehead atoms. The zero-order valence-corrected chi connectivity index (χ0v) is 16.1. The minimum Gasteiger partial charge on any atom is -0.349 e. The summed E-state index contributed by atoms with van der Waals surface area (Å²) in [5.41, 5.74) is 0.496. The van der Waals surface area contributed by atoms with Crippen molar-refractivity contribution in [2.45, 2.75) is 63.6 Å². The fourth-order valence-corrected chi connectivity index (χ4v) is 4.23. The first-order valence-corrected chi connectivity index (χ1v) is 10.2. The SMILES string of the molecule is O=C(NC1CCN(Cc2nnnn2C2CCCCC2)CC1)c1ccc(F)cc1. The molecular weight excluding hydrogens is 359 g/mol. The van der Waals surface area contributed by atoms with E-state index in [4.69, 9.17) is 0 Å². The number of tetrazole rings is 1. The van der Waals surface area contributed by atoms with Crippen molar-refractivity contribution >= 4 is 5.91 Å². The van der Waals surface area contributed by atoms with Crippen molar-refractivity contribution < 1.29 is 9.18 Å². The summed E-state index contributed by atoms with van der Waals surface area (Å²) in [6.07, 6.45) is 7.91. The van der Waals surface area contributed by atoms with Crippen LogP contribution in [0.1, 0.15) is 67.2 Å². The summed E-state index contributed by atoms with van der Waals surface area (Å²) in [6.45, 7) is 2.54. The number of likely N-dealkylation sites (tertiary alicyclic amines) is 1. The molecule has 1 saturated heterocycles. The number of nitrogens with zero attached hydrogens (tertiary/aromatic N) is 5. The van der Waals surface area contributed by atoms with Crippen molar-refractivity contribution in [1.82, 2.24) is 30.4 Å². The Morgan fingerprint density at radius 3 is 2.50 bits per heavy atom. The second kappa shape index (κ2) is 8.77. The van der Waals surface area contributed by atoms with Crippen LogP contribution in [-0.4, -0.2) is 50.1 Å². The molecule has 0 radical (unpaired) electrons. The molecule has 1 aliphatic carbocycles. The molecule has 150 valence electrons. The Labute approximate surface area is 164 Å². The van der Waals surface area contributed by atoms with E-state index in [1.165, 1.54) is 43.5 Å². The maximum atomic E-state index is 13.0. The highest BCUT2D eigenvalue weighted by Crippen LogP contribution is 2.28. The molecule has 28 heavy (non-hydrogen) atoms. The van der Waals surface area contributed by atoms with Crippen molar-refractivity contribution in [2.24, 2.45) is 0 Å². The monoisotopic (exact) mass is 386 g/mol. The molecule has 7 nitrogen and oxygen atoms in total. The molecule has 0 spiro atoms. The van der Waals surface area contributed by atoms with E-state index in [1.807, 2.05) is 4.68 Å². The number of benzene rings is 1.